The van der Waals surface area contributed by atoms with Crippen molar-refractivity contribution in [2.45, 2.75) is 6.92 Å². The normalized spacial score (nSPS) is 10.7. The molecule has 0 radical (unpaired) electrons. The summed E-state index contributed by atoms with van der Waals surface area (Å²) in [5.74, 6) is 0. The van der Waals surface area contributed by atoms with Crippen molar-refractivity contribution in [1.82, 2.24) is 15.2 Å². The Morgan fingerprint density at radius 3 is 3.18 bits per heavy atom. The van der Waals surface area contributed by atoms with Gasteiger partial charge in [-0.2, -0.15) is 5.10 Å². The molecule has 0 fully saturated rings. The van der Waals surface area contributed by atoms with Crippen molar-refractivity contribution in [1.29, 1.82) is 0 Å². The van der Waals surface area contributed by atoms with Gasteiger partial charge in [0.05, 0.1) is 10.9 Å². The largest absolute Gasteiger partial charge is 0.271 e. The number of nitrogens with zero attached hydrogens (tertiary/aromatic N) is 2. The molecule has 4 heteroatoms. The first-order valence-corrected chi connectivity index (χ1v) is 4.31. The Bertz CT molecular complexity index is 393. The topological polar surface area (TPSA) is 41.6 Å². The summed E-state index contributed by atoms with van der Waals surface area (Å²) in [7, 11) is 0. The molecule has 2 rings (SSSR count). The maximum Gasteiger partial charge on any atom is 0.105 e. The predicted octanol–water partition coefficient (Wildman–Crippen LogP) is 1.87. The summed E-state index contributed by atoms with van der Waals surface area (Å²) >= 11 is 2.21. The van der Waals surface area contributed by atoms with Gasteiger partial charge in [0.2, 0.25) is 0 Å². The van der Waals surface area contributed by atoms with E-state index in [9.17, 15) is 0 Å². The fraction of sp³-hybridized carbons (Fsp3) is 0.143. The number of halogens is 1. The van der Waals surface area contributed by atoms with Gasteiger partial charge in [-0.05, 0) is 35.6 Å². The molecule has 0 aromatic carbocycles. The summed E-state index contributed by atoms with van der Waals surface area (Å²) < 4.78 is 1.05. The smallest absolute Gasteiger partial charge is 0.105 e. The lowest BCUT2D eigenvalue weighted by Crippen LogP contribution is -1.78. The fourth-order valence-corrected chi connectivity index (χ4v) is 1.51. The number of aromatic nitrogens is 3. The van der Waals surface area contributed by atoms with Crippen LogP contribution >= 0.6 is 22.6 Å². The molecule has 0 aliphatic carbocycles. The summed E-state index contributed by atoms with van der Waals surface area (Å²) in [4.78, 5) is 4.18. The Labute approximate surface area is 77.4 Å². The van der Waals surface area contributed by atoms with Gasteiger partial charge in [0.1, 0.15) is 3.70 Å². The number of fused-ring (bicyclic) bond motifs is 1. The molecule has 0 aliphatic rings. The molecule has 56 valence electrons. The third-order valence-corrected chi connectivity index (χ3v) is 2.35. The zero-order valence-corrected chi connectivity index (χ0v) is 8.08. The average Bonchev–Trinajstić information content (AvgIpc) is 2.32. The Hall–Kier alpha value is -0.650. The van der Waals surface area contributed by atoms with Gasteiger partial charge < -0.3 is 0 Å². The highest BCUT2D eigenvalue weighted by Gasteiger charge is 2.01. The van der Waals surface area contributed by atoms with Crippen LogP contribution in [0.25, 0.3) is 10.9 Å². The third kappa shape index (κ3) is 1.11. The van der Waals surface area contributed by atoms with Crippen molar-refractivity contribution in [3.8, 4) is 0 Å². The van der Waals surface area contributed by atoms with Gasteiger partial charge >= 0.3 is 0 Å². The Morgan fingerprint density at radius 2 is 2.36 bits per heavy atom. The summed E-state index contributed by atoms with van der Waals surface area (Å²) in [6, 6.07) is 1.97. The number of hydrogen-bond donors (Lipinski definition) is 1. The van der Waals surface area contributed by atoms with E-state index < -0.39 is 0 Å². The maximum atomic E-state index is 4.18. The van der Waals surface area contributed by atoms with Crippen molar-refractivity contribution in [3.63, 3.8) is 0 Å². The second kappa shape index (κ2) is 2.44. The third-order valence-electron chi connectivity index (χ3n) is 1.53. The van der Waals surface area contributed by atoms with E-state index in [1.165, 1.54) is 0 Å². The van der Waals surface area contributed by atoms with Gasteiger partial charge in [-0.1, -0.05) is 0 Å². The molecule has 3 nitrogen and oxygen atoms in total. The van der Waals surface area contributed by atoms with Gasteiger partial charge in [0, 0.05) is 11.9 Å². The van der Waals surface area contributed by atoms with Crippen LogP contribution in [-0.2, 0) is 0 Å². The van der Waals surface area contributed by atoms with Crippen molar-refractivity contribution in [2.75, 3.05) is 0 Å². The first-order valence-electron chi connectivity index (χ1n) is 3.23. The molecule has 2 aromatic heterocycles. The number of aryl methyl sites for hydroxylation is 1. The van der Waals surface area contributed by atoms with Crippen LogP contribution in [0.1, 0.15) is 5.69 Å². The zero-order valence-electron chi connectivity index (χ0n) is 5.93. The van der Waals surface area contributed by atoms with E-state index in [4.69, 9.17) is 0 Å². The first kappa shape index (κ1) is 7.02. The van der Waals surface area contributed by atoms with Crippen LogP contribution in [0, 0.1) is 10.6 Å². The minimum absolute atomic E-state index is 0.988. The number of aromatic amines is 1. The van der Waals surface area contributed by atoms with Crippen LogP contribution in [0.3, 0.4) is 0 Å². The highest BCUT2D eigenvalue weighted by molar-refractivity contribution is 14.1. The zero-order chi connectivity index (χ0) is 7.84. The van der Waals surface area contributed by atoms with Crippen molar-refractivity contribution >= 4 is 33.5 Å². The number of nitrogens with one attached hydrogen (secondary N) is 1. The average molecular weight is 259 g/mol. The standard InChI is InChI=1S/C7H6IN3/c1-4-2-6-5(3-9-4)7(8)11-10-6/h2-3H,1H3,(H,10,11). The summed E-state index contributed by atoms with van der Waals surface area (Å²) in [5.41, 5.74) is 1.99. The number of pyridine rings is 1. The van der Waals surface area contributed by atoms with Crippen LogP contribution in [-0.4, -0.2) is 15.2 Å². The molecule has 2 heterocycles. The molecule has 0 saturated heterocycles. The van der Waals surface area contributed by atoms with E-state index in [2.05, 4.69) is 37.8 Å². The molecule has 0 bridgehead atoms. The molecule has 0 aliphatic heterocycles. The van der Waals surface area contributed by atoms with Crippen LogP contribution in [0.5, 0.6) is 0 Å². The summed E-state index contributed by atoms with van der Waals surface area (Å²) in [6.07, 6.45) is 1.84. The van der Waals surface area contributed by atoms with Crippen LogP contribution in [0.2, 0.25) is 0 Å². The SMILES string of the molecule is Cc1cc2n[nH]c(I)c2cn1. The van der Waals surface area contributed by atoms with Crippen LogP contribution < -0.4 is 0 Å². The van der Waals surface area contributed by atoms with E-state index in [1.54, 1.807) is 0 Å². The summed E-state index contributed by atoms with van der Waals surface area (Å²) in [5, 5.41) is 8.10. The molecule has 11 heavy (non-hydrogen) atoms. The predicted molar refractivity (Wildman–Crippen MR) is 51.3 cm³/mol. The highest BCUT2D eigenvalue weighted by atomic mass is 127. The first-order chi connectivity index (χ1) is 5.27. The molecule has 0 atom stereocenters. The number of hydrogen-bond acceptors (Lipinski definition) is 2. The van der Waals surface area contributed by atoms with Gasteiger partial charge in [-0.15, -0.1) is 0 Å². The van der Waals surface area contributed by atoms with Gasteiger partial charge in [-0.3, -0.25) is 10.1 Å². The van der Waals surface area contributed by atoms with Gasteiger partial charge in [0.25, 0.3) is 0 Å². The van der Waals surface area contributed by atoms with Gasteiger partial charge in [-0.25, -0.2) is 0 Å². The Kier molecular flexibility index (Phi) is 1.56. The second-order valence-electron chi connectivity index (χ2n) is 2.38. The second-order valence-corrected chi connectivity index (χ2v) is 3.46. The summed E-state index contributed by atoms with van der Waals surface area (Å²) in [6.45, 7) is 1.96. The maximum absolute atomic E-state index is 4.18. The number of H-pyrrole nitrogens is 1. The molecular formula is C7H6IN3. The van der Waals surface area contributed by atoms with E-state index in [1.807, 2.05) is 19.2 Å². The molecular weight excluding hydrogens is 253 g/mol. The molecule has 0 saturated carbocycles. The lowest BCUT2D eigenvalue weighted by atomic mass is 10.3. The lowest BCUT2D eigenvalue weighted by molar-refractivity contribution is 1.09. The molecule has 0 amide bonds. The van der Waals surface area contributed by atoms with Crippen molar-refractivity contribution in [2.24, 2.45) is 0 Å². The van der Waals surface area contributed by atoms with Gasteiger partial charge in [0.15, 0.2) is 0 Å². The van der Waals surface area contributed by atoms with Crippen molar-refractivity contribution < 1.29 is 0 Å². The van der Waals surface area contributed by atoms with E-state index >= 15 is 0 Å². The monoisotopic (exact) mass is 259 g/mol. The molecule has 1 N–H and O–H groups in total. The minimum Gasteiger partial charge on any atom is -0.271 e. The van der Waals surface area contributed by atoms with Crippen LogP contribution in [0.15, 0.2) is 12.3 Å². The highest BCUT2D eigenvalue weighted by Crippen LogP contribution is 2.16. The minimum atomic E-state index is 0.988. The molecule has 0 spiro atoms. The Morgan fingerprint density at radius 1 is 1.55 bits per heavy atom. The molecule has 2 aromatic rings. The van der Waals surface area contributed by atoms with E-state index in [0.717, 1.165) is 20.3 Å². The molecule has 0 unspecified atom stereocenters. The number of rotatable bonds is 0. The Balaban J connectivity index is 2.86. The van der Waals surface area contributed by atoms with E-state index in [-0.39, 0.29) is 0 Å². The lowest BCUT2D eigenvalue weighted by Gasteiger charge is -1.89. The van der Waals surface area contributed by atoms with E-state index in [0.29, 0.717) is 0 Å². The van der Waals surface area contributed by atoms with Crippen LogP contribution in [0.4, 0.5) is 0 Å². The van der Waals surface area contributed by atoms with Crippen molar-refractivity contribution in [3.05, 3.63) is 21.7 Å². The quantitative estimate of drug-likeness (QED) is 0.734. The fourth-order valence-electron chi connectivity index (χ4n) is 0.977.